The molecule has 5 heteroatoms. The Kier molecular flexibility index (Phi) is 8.32. The number of amides is 2. The molecule has 1 N–H and O–H groups in total. The van der Waals surface area contributed by atoms with Crippen LogP contribution >= 0.6 is 0 Å². The zero-order valence-corrected chi connectivity index (χ0v) is 19.8. The first-order valence-electron chi connectivity index (χ1n) is 11.7. The molecule has 5 nitrogen and oxygen atoms in total. The summed E-state index contributed by atoms with van der Waals surface area (Å²) in [7, 11) is 0. The van der Waals surface area contributed by atoms with Crippen LogP contribution in [0.1, 0.15) is 61.3 Å². The molecule has 2 aromatic rings. The van der Waals surface area contributed by atoms with E-state index in [9.17, 15) is 9.59 Å². The molecule has 0 radical (unpaired) electrons. The fourth-order valence-electron chi connectivity index (χ4n) is 4.21. The van der Waals surface area contributed by atoms with Crippen molar-refractivity contribution in [3.05, 3.63) is 64.7 Å². The fourth-order valence-corrected chi connectivity index (χ4v) is 4.21. The van der Waals surface area contributed by atoms with Crippen molar-refractivity contribution in [1.29, 1.82) is 0 Å². The van der Waals surface area contributed by atoms with Gasteiger partial charge >= 0.3 is 0 Å². The maximum absolute atomic E-state index is 13.3. The molecule has 1 aliphatic carbocycles. The largest absolute Gasteiger partial charge is 0.483 e. The summed E-state index contributed by atoms with van der Waals surface area (Å²) >= 11 is 0. The Morgan fingerprint density at radius 2 is 1.75 bits per heavy atom. The molecule has 1 aliphatic rings. The quantitative estimate of drug-likeness (QED) is 0.643. The number of carbonyl (C=O) groups is 2. The van der Waals surface area contributed by atoms with Crippen LogP contribution in [0.2, 0.25) is 0 Å². The van der Waals surface area contributed by atoms with Crippen LogP contribution in [-0.2, 0) is 16.1 Å². The van der Waals surface area contributed by atoms with Gasteiger partial charge in [0, 0.05) is 12.6 Å². The van der Waals surface area contributed by atoms with E-state index >= 15 is 0 Å². The molecule has 1 saturated carbocycles. The van der Waals surface area contributed by atoms with Gasteiger partial charge in [0.2, 0.25) is 5.91 Å². The Labute approximate surface area is 192 Å². The number of carbonyl (C=O) groups excluding carboxylic acids is 2. The van der Waals surface area contributed by atoms with Crippen LogP contribution in [0, 0.1) is 20.8 Å². The van der Waals surface area contributed by atoms with E-state index in [1.165, 1.54) is 6.42 Å². The van der Waals surface area contributed by atoms with E-state index in [2.05, 4.69) is 5.32 Å². The lowest BCUT2D eigenvalue weighted by molar-refractivity contribution is -0.142. The summed E-state index contributed by atoms with van der Waals surface area (Å²) in [6.45, 7) is 8.07. The number of aryl methyl sites for hydroxylation is 3. The van der Waals surface area contributed by atoms with Crippen molar-refractivity contribution in [1.82, 2.24) is 10.2 Å². The zero-order valence-electron chi connectivity index (χ0n) is 19.8. The third kappa shape index (κ3) is 6.35. The van der Waals surface area contributed by atoms with Crippen molar-refractivity contribution in [3.8, 4) is 5.75 Å². The van der Waals surface area contributed by atoms with Gasteiger partial charge in [-0.15, -0.1) is 0 Å². The van der Waals surface area contributed by atoms with Gasteiger partial charge in [-0.1, -0.05) is 55.7 Å². The third-order valence-corrected chi connectivity index (χ3v) is 6.42. The summed E-state index contributed by atoms with van der Waals surface area (Å²) in [6.07, 6.45) is 5.55. The van der Waals surface area contributed by atoms with E-state index in [0.717, 1.165) is 47.9 Å². The highest BCUT2D eigenvalue weighted by atomic mass is 16.5. The Hall–Kier alpha value is -2.82. The van der Waals surface area contributed by atoms with Gasteiger partial charge in [0.15, 0.2) is 6.61 Å². The predicted molar refractivity (Wildman–Crippen MR) is 128 cm³/mol. The van der Waals surface area contributed by atoms with E-state index in [1.54, 1.807) is 4.90 Å². The van der Waals surface area contributed by atoms with Crippen LogP contribution in [0.25, 0.3) is 0 Å². The molecule has 0 aromatic heterocycles. The van der Waals surface area contributed by atoms with Crippen LogP contribution in [0.4, 0.5) is 0 Å². The monoisotopic (exact) mass is 436 g/mol. The zero-order chi connectivity index (χ0) is 23.1. The highest BCUT2D eigenvalue weighted by Gasteiger charge is 2.28. The normalized spacial score (nSPS) is 15.1. The molecule has 172 valence electrons. The fraction of sp³-hybridized carbons (Fsp3) is 0.481. The van der Waals surface area contributed by atoms with Gasteiger partial charge in [-0.3, -0.25) is 9.59 Å². The highest BCUT2D eigenvalue weighted by Crippen LogP contribution is 2.21. The van der Waals surface area contributed by atoms with Gasteiger partial charge in [-0.25, -0.2) is 0 Å². The van der Waals surface area contributed by atoms with Crippen molar-refractivity contribution < 1.29 is 14.3 Å². The lowest BCUT2D eigenvalue weighted by Gasteiger charge is -2.31. The Balaban J connectivity index is 1.74. The minimum atomic E-state index is -0.578. The summed E-state index contributed by atoms with van der Waals surface area (Å²) in [6, 6.07) is 13.6. The topological polar surface area (TPSA) is 58.6 Å². The van der Waals surface area contributed by atoms with Crippen molar-refractivity contribution in [2.75, 3.05) is 6.61 Å². The second kappa shape index (κ2) is 11.2. The van der Waals surface area contributed by atoms with Crippen molar-refractivity contribution >= 4 is 11.8 Å². The molecule has 2 amide bonds. The molecule has 3 rings (SSSR count). The molecule has 1 fully saturated rings. The number of hydrogen-bond acceptors (Lipinski definition) is 3. The molecule has 2 aromatic carbocycles. The number of hydrogen-bond donors (Lipinski definition) is 1. The van der Waals surface area contributed by atoms with Crippen molar-refractivity contribution in [3.63, 3.8) is 0 Å². The number of nitrogens with zero attached hydrogens (tertiary/aromatic N) is 1. The van der Waals surface area contributed by atoms with Gasteiger partial charge in [0.1, 0.15) is 11.8 Å². The average molecular weight is 437 g/mol. The predicted octanol–water partition coefficient (Wildman–Crippen LogP) is 4.86. The molecule has 0 spiro atoms. The van der Waals surface area contributed by atoms with Crippen LogP contribution in [0.15, 0.2) is 42.5 Å². The van der Waals surface area contributed by atoms with Gasteiger partial charge in [-0.05, 0) is 68.9 Å². The van der Waals surface area contributed by atoms with E-state index in [0.29, 0.717) is 12.3 Å². The molecular formula is C27H36N2O3. The van der Waals surface area contributed by atoms with Crippen molar-refractivity contribution in [2.24, 2.45) is 0 Å². The van der Waals surface area contributed by atoms with E-state index in [1.807, 2.05) is 70.2 Å². The van der Waals surface area contributed by atoms with E-state index < -0.39 is 6.04 Å². The molecule has 32 heavy (non-hydrogen) atoms. The molecule has 0 heterocycles. The number of benzene rings is 2. The molecule has 0 bridgehead atoms. The smallest absolute Gasteiger partial charge is 0.261 e. The van der Waals surface area contributed by atoms with E-state index in [4.69, 9.17) is 4.74 Å². The van der Waals surface area contributed by atoms with Crippen LogP contribution < -0.4 is 10.1 Å². The first kappa shape index (κ1) is 23.8. The maximum atomic E-state index is 13.3. The minimum Gasteiger partial charge on any atom is -0.483 e. The number of ether oxygens (including phenoxy) is 1. The van der Waals surface area contributed by atoms with Gasteiger partial charge < -0.3 is 15.0 Å². The first-order valence-corrected chi connectivity index (χ1v) is 11.7. The second-order valence-electron chi connectivity index (χ2n) is 9.03. The average Bonchev–Trinajstić information content (AvgIpc) is 2.79. The Morgan fingerprint density at radius 1 is 1.03 bits per heavy atom. The Morgan fingerprint density at radius 3 is 2.47 bits per heavy atom. The van der Waals surface area contributed by atoms with Gasteiger partial charge in [-0.2, -0.15) is 0 Å². The third-order valence-electron chi connectivity index (χ3n) is 6.42. The minimum absolute atomic E-state index is 0.0921. The number of nitrogens with one attached hydrogen (secondary N) is 1. The first-order chi connectivity index (χ1) is 15.3. The summed E-state index contributed by atoms with van der Waals surface area (Å²) in [4.78, 5) is 28.0. The molecule has 0 unspecified atom stereocenters. The summed E-state index contributed by atoms with van der Waals surface area (Å²) in [5.41, 5.74) is 4.19. The van der Waals surface area contributed by atoms with Crippen LogP contribution in [0.3, 0.4) is 0 Å². The van der Waals surface area contributed by atoms with Crippen LogP contribution in [-0.4, -0.2) is 35.4 Å². The van der Waals surface area contributed by atoms with Gasteiger partial charge in [0.25, 0.3) is 5.91 Å². The molecular weight excluding hydrogens is 400 g/mol. The van der Waals surface area contributed by atoms with Crippen LogP contribution in [0.5, 0.6) is 5.75 Å². The van der Waals surface area contributed by atoms with Gasteiger partial charge in [0.05, 0.1) is 0 Å². The Bertz CT molecular complexity index is 934. The number of rotatable bonds is 8. The molecule has 0 aliphatic heterocycles. The lowest BCUT2D eigenvalue weighted by atomic mass is 9.95. The highest BCUT2D eigenvalue weighted by molar-refractivity contribution is 5.88. The molecule has 1 atom stereocenters. The summed E-state index contributed by atoms with van der Waals surface area (Å²) in [5, 5.41) is 3.17. The lowest BCUT2D eigenvalue weighted by Crippen LogP contribution is -2.51. The summed E-state index contributed by atoms with van der Waals surface area (Å²) < 4.78 is 5.89. The van der Waals surface area contributed by atoms with E-state index in [-0.39, 0.29) is 24.5 Å². The molecule has 0 saturated heterocycles. The standard InChI is InChI=1S/C27H36N2O3/c1-19-14-15-21(3)25(16-19)32-18-26(30)29(17-23-11-9-8-10-20(23)2)22(4)27(31)28-24-12-6-5-7-13-24/h8-11,14-16,22,24H,5-7,12-13,17-18H2,1-4H3,(H,28,31)/t22-/m1/s1. The van der Waals surface area contributed by atoms with Crippen molar-refractivity contribution in [2.45, 2.75) is 78.4 Å². The summed E-state index contributed by atoms with van der Waals surface area (Å²) in [5.74, 6) is 0.416. The SMILES string of the molecule is Cc1ccc(C)c(OCC(=O)N(Cc2ccccc2C)[C@H](C)C(=O)NC2CCCCC2)c1. The second-order valence-corrected chi connectivity index (χ2v) is 9.03. The maximum Gasteiger partial charge on any atom is 0.261 e.